The second-order valence-electron chi connectivity index (χ2n) is 8.68. The molecule has 1 saturated carbocycles. The van der Waals surface area contributed by atoms with Crippen molar-refractivity contribution < 1.29 is 14.4 Å². The topological polar surface area (TPSA) is 66.5 Å². The van der Waals surface area contributed by atoms with E-state index in [-0.39, 0.29) is 28.1 Å². The molecule has 2 aromatic carbocycles. The summed E-state index contributed by atoms with van der Waals surface area (Å²) in [6.45, 7) is 0. The standard InChI is InChI=1S/C24H16Cl6N2O3/c25-18-19(26)23(28)17-16(22(18,27)24(23,29)30)20(34)32(21(17)35)14-8-4-7-13(11-14)31-15(33)10-9-12-5-2-1-3-6-12/h1-8,11,16-17H,9-10H2,(H,31,33)/t16-,17+,22-,23-/m0/s1. The van der Waals surface area contributed by atoms with Gasteiger partial charge in [0.15, 0.2) is 4.33 Å². The van der Waals surface area contributed by atoms with E-state index in [2.05, 4.69) is 5.32 Å². The third-order valence-electron chi connectivity index (χ3n) is 6.78. The zero-order valence-corrected chi connectivity index (χ0v) is 22.2. The molecule has 1 N–H and O–H groups in total. The Bertz CT molecular complexity index is 1250. The number of benzene rings is 2. The van der Waals surface area contributed by atoms with Gasteiger partial charge >= 0.3 is 0 Å². The Kier molecular flexibility index (Phi) is 6.15. The van der Waals surface area contributed by atoms with E-state index in [1.54, 1.807) is 18.2 Å². The molecule has 0 radical (unpaired) electrons. The van der Waals surface area contributed by atoms with Gasteiger partial charge in [0.2, 0.25) is 17.7 Å². The largest absolute Gasteiger partial charge is 0.326 e. The van der Waals surface area contributed by atoms with Crippen LogP contribution in [0.25, 0.3) is 0 Å². The van der Waals surface area contributed by atoms with E-state index in [0.717, 1.165) is 10.5 Å². The van der Waals surface area contributed by atoms with Gasteiger partial charge in [-0.1, -0.05) is 82.8 Å². The number of hydrogen-bond acceptors (Lipinski definition) is 3. The van der Waals surface area contributed by atoms with Crippen molar-refractivity contribution in [3.8, 4) is 0 Å². The van der Waals surface area contributed by atoms with Gasteiger partial charge in [-0.3, -0.25) is 14.4 Å². The first-order chi connectivity index (χ1) is 16.5. The molecule has 1 aliphatic heterocycles. The van der Waals surface area contributed by atoms with Gasteiger partial charge in [0, 0.05) is 12.1 Å². The van der Waals surface area contributed by atoms with Crippen LogP contribution in [0.2, 0.25) is 0 Å². The number of fused-ring (bicyclic) bond motifs is 5. The molecule has 11 heteroatoms. The van der Waals surface area contributed by atoms with Crippen LogP contribution in [-0.4, -0.2) is 31.8 Å². The molecule has 2 aliphatic carbocycles. The van der Waals surface area contributed by atoms with E-state index >= 15 is 0 Å². The number of alkyl halides is 4. The highest BCUT2D eigenvalue weighted by molar-refractivity contribution is 6.67. The monoisotopic (exact) mass is 590 g/mol. The summed E-state index contributed by atoms with van der Waals surface area (Å²) in [7, 11) is 0. The van der Waals surface area contributed by atoms with Crippen molar-refractivity contribution in [1.29, 1.82) is 0 Å². The number of halogens is 6. The van der Waals surface area contributed by atoms with Crippen molar-refractivity contribution in [3.63, 3.8) is 0 Å². The summed E-state index contributed by atoms with van der Waals surface area (Å²) in [6.07, 6.45) is 0.835. The first kappa shape index (κ1) is 25.2. The number of nitrogens with zero attached hydrogens (tertiary/aromatic N) is 1. The third-order valence-corrected chi connectivity index (χ3v) is 11.0. The number of carbonyl (C=O) groups is 3. The fourth-order valence-corrected chi connectivity index (χ4v) is 8.03. The maximum absolute atomic E-state index is 13.5. The SMILES string of the molecule is O=C(CCc1ccccc1)Nc1cccc(N2C(=O)[C@@H]3[C@H](C2=O)[C@]2(Cl)C(Cl)=C(Cl)[C@]3(Cl)C2(Cl)Cl)c1. The maximum Gasteiger partial charge on any atom is 0.240 e. The molecule has 2 bridgehead atoms. The first-order valence-corrected chi connectivity index (χ1v) is 12.9. The molecular formula is C24H16Cl6N2O3. The smallest absolute Gasteiger partial charge is 0.240 e. The number of imide groups is 1. The summed E-state index contributed by atoms with van der Waals surface area (Å²) >= 11 is 39.2. The van der Waals surface area contributed by atoms with Crippen LogP contribution < -0.4 is 10.2 Å². The van der Waals surface area contributed by atoms with Gasteiger partial charge in [0.05, 0.1) is 27.6 Å². The van der Waals surface area contributed by atoms with Crippen LogP contribution in [0, 0.1) is 11.8 Å². The Morgan fingerprint density at radius 3 is 2.00 bits per heavy atom. The van der Waals surface area contributed by atoms with Crippen LogP contribution in [-0.2, 0) is 20.8 Å². The zero-order valence-electron chi connectivity index (χ0n) is 17.7. The normalized spacial score (nSPS) is 30.7. The average molecular weight is 593 g/mol. The van der Waals surface area contributed by atoms with Crippen LogP contribution in [0.15, 0.2) is 64.7 Å². The second-order valence-corrected chi connectivity index (χ2v) is 12.0. The predicted octanol–water partition coefficient (Wildman–Crippen LogP) is 6.21. The molecule has 5 rings (SSSR count). The summed E-state index contributed by atoms with van der Waals surface area (Å²) in [4.78, 5) is 36.7. The average Bonchev–Trinajstić information content (AvgIpc) is 3.22. The van der Waals surface area contributed by atoms with Gasteiger partial charge in [-0.25, -0.2) is 4.90 Å². The summed E-state index contributed by atoms with van der Waals surface area (Å²) in [5.41, 5.74) is 1.69. The number of aryl methyl sites for hydroxylation is 1. The Morgan fingerprint density at radius 2 is 1.43 bits per heavy atom. The third kappa shape index (κ3) is 3.32. The number of hydrogen-bond donors (Lipinski definition) is 1. The second kappa shape index (κ2) is 8.54. The highest BCUT2D eigenvalue weighted by Gasteiger charge is 2.87. The molecule has 5 nitrogen and oxygen atoms in total. The molecule has 35 heavy (non-hydrogen) atoms. The molecule has 1 heterocycles. The van der Waals surface area contributed by atoms with Crippen molar-refractivity contribution >= 4 is 98.7 Å². The molecule has 0 spiro atoms. The zero-order chi connectivity index (χ0) is 25.3. The Hall–Kier alpha value is -1.47. The van der Waals surface area contributed by atoms with Gasteiger partial charge in [0.1, 0.15) is 9.75 Å². The van der Waals surface area contributed by atoms with E-state index in [0.29, 0.717) is 12.1 Å². The number of rotatable bonds is 5. The number of anilines is 2. The lowest BCUT2D eigenvalue weighted by Crippen LogP contribution is -2.50. The Morgan fingerprint density at radius 1 is 0.857 bits per heavy atom. The van der Waals surface area contributed by atoms with Crippen molar-refractivity contribution in [2.75, 3.05) is 10.2 Å². The minimum absolute atomic E-state index is 0.149. The highest BCUT2D eigenvalue weighted by atomic mass is 35.5. The van der Waals surface area contributed by atoms with E-state index < -0.39 is 37.7 Å². The molecule has 182 valence electrons. The molecule has 3 aliphatic rings. The van der Waals surface area contributed by atoms with Crippen LogP contribution in [0.5, 0.6) is 0 Å². The Balaban J connectivity index is 1.39. The number of nitrogens with one attached hydrogen (secondary N) is 1. The summed E-state index contributed by atoms with van der Waals surface area (Å²) in [5, 5.41) is 2.50. The lowest BCUT2D eigenvalue weighted by atomic mass is 9.84. The number of allylic oxidation sites excluding steroid dienone is 2. The maximum atomic E-state index is 13.5. The van der Waals surface area contributed by atoms with Gasteiger partial charge in [0.25, 0.3) is 0 Å². The van der Waals surface area contributed by atoms with Crippen LogP contribution >= 0.6 is 69.6 Å². The van der Waals surface area contributed by atoms with Crippen LogP contribution in [0.1, 0.15) is 12.0 Å². The first-order valence-electron chi connectivity index (χ1n) is 10.6. The predicted molar refractivity (Wildman–Crippen MR) is 140 cm³/mol. The van der Waals surface area contributed by atoms with E-state index in [4.69, 9.17) is 69.6 Å². The molecule has 0 unspecified atom stereocenters. The fourth-order valence-electron chi connectivity index (χ4n) is 5.10. The molecule has 4 atom stereocenters. The van der Waals surface area contributed by atoms with Crippen molar-refractivity contribution in [1.82, 2.24) is 0 Å². The summed E-state index contributed by atoms with van der Waals surface area (Å²) in [5.74, 6) is -3.96. The van der Waals surface area contributed by atoms with Gasteiger partial charge < -0.3 is 5.32 Å². The number of carbonyl (C=O) groups excluding carboxylic acids is 3. The minimum Gasteiger partial charge on any atom is -0.326 e. The van der Waals surface area contributed by atoms with Gasteiger partial charge in [-0.05, 0) is 30.2 Å². The van der Waals surface area contributed by atoms with E-state index in [1.807, 2.05) is 30.3 Å². The van der Waals surface area contributed by atoms with Crippen molar-refractivity contribution in [3.05, 3.63) is 70.2 Å². The molecular weight excluding hydrogens is 577 g/mol. The van der Waals surface area contributed by atoms with E-state index in [1.165, 1.54) is 6.07 Å². The summed E-state index contributed by atoms with van der Waals surface area (Å²) < 4.78 is -1.99. The molecule has 0 aromatic heterocycles. The fraction of sp³-hybridized carbons (Fsp3) is 0.292. The number of amides is 3. The van der Waals surface area contributed by atoms with Crippen LogP contribution in [0.4, 0.5) is 11.4 Å². The van der Waals surface area contributed by atoms with Crippen molar-refractivity contribution in [2.24, 2.45) is 11.8 Å². The molecule has 2 aromatic rings. The lowest BCUT2D eigenvalue weighted by Gasteiger charge is -2.34. The van der Waals surface area contributed by atoms with Gasteiger partial charge in [-0.15, -0.1) is 23.2 Å². The van der Waals surface area contributed by atoms with Gasteiger partial charge in [-0.2, -0.15) is 0 Å². The van der Waals surface area contributed by atoms with Crippen LogP contribution in [0.3, 0.4) is 0 Å². The summed E-state index contributed by atoms with van der Waals surface area (Å²) in [6, 6.07) is 16.0. The Labute approximate surface area is 231 Å². The highest BCUT2D eigenvalue weighted by Crippen LogP contribution is 2.77. The molecule has 3 amide bonds. The quantitative estimate of drug-likeness (QED) is 0.332. The molecule has 2 fully saturated rings. The minimum atomic E-state index is -1.99. The molecule has 1 saturated heterocycles. The lowest BCUT2D eigenvalue weighted by molar-refractivity contribution is -0.123. The van der Waals surface area contributed by atoms with Crippen molar-refractivity contribution in [2.45, 2.75) is 26.9 Å². The van der Waals surface area contributed by atoms with E-state index in [9.17, 15) is 14.4 Å².